The van der Waals surface area contributed by atoms with Gasteiger partial charge in [0.05, 0.1) is 6.10 Å². The molecule has 0 aliphatic heterocycles. The van der Waals surface area contributed by atoms with E-state index in [1.807, 2.05) is 11.9 Å². The van der Waals surface area contributed by atoms with Gasteiger partial charge in [-0.1, -0.05) is 0 Å². The first-order valence-electron chi connectivity index (χ1n) is 5.13. The van der Waals surface area contributed by atoms with Crippen LogP contribution in [0, 0.1) is 5.92 Å². The SMILES string of the molecule is CN(C(=O)[C@@H]1CC[C@@H](O)C1)C1CC1. The second-order valence-corrected chi connectivity index (χ2v) is 4.34. The Hall–Kier alpha value is -0.570. The summed E-state index contributed by atoms with van der Waals surface area (Å²) in [4.78, 5) is 13.7. The van der Waals surface area contributed by atoms with Crippen molar-refractivity contribution in [1.82, 2.24) is 4.90 Å². The highest BCUT2D eigenvalue weighted by Crippen LogP contribution is 2.31. The number of nitrogens with zero attached hydrogens (tertiary/aromatic N) is 1. The van der Waals surface area contributed by atoms with E-state index < -0.39 is 0 Å². The van der Waals surface area contributed by atoms with Gasteiger partial charge >= 0.3 is 0 Å². The lowest BCUT2D eigenvalue weighted by molar-refractivity contribution is -0.134. The maximum atomic E-state index is 11.8. The molecule has 0 aromatic heterocycles. The summed E-state index contributed by atoms with van der Waals surface area (Å²) >= 11 is 0. The second kappa shape index (κ2) is 3.29. The van der Waals surface area contributed by atoms with Gasteiger partial charge in [0.15, 0.2) is 0 Å². The predicted molar refractivity (Wildman–Crippen MR) is 49.1 cm³/mol. The lowest BCUT2D eigenvalue weighted by Crippen LogP contribution is -2.33. The minimum Gasteiger partial charge on any atom is -0.393 e. The fraction of sp³-hybridized carbons (Fsp3) is 0.900. The smallest absolute Gasteiger partial charge is 0.225 e. The van der Waals surface area contributed by atoms with E-state index >= 15 is 0 Å². The topological polar surface area (TPSA) is 40.5 Å². The molecule has 2 rings (SSSR count). The summed E-state index contributed by atoms with van der Waals surface area (Å²) in [5.41, 5.74) is 0. The number of aliphatic hydroxyl groups is 1. The molecule has 0 heterocycles. The fourth-order valence-electron chi connectivity index (χ4n) is 2.11. The van der Waals surface area contributed by atoms with Gasteiger partial charge in [-0.15, -0.1) is 0 Å². The van der Waals surface area contributed by atoms with Crippen LogP contribution in [0.4, 0.5) is 0 Å². The van der Waals surface area contributed by atoms with Crippen molar-refractivity contribution in [1.29, 1.82) is 0 Å². The Kier molecular flexibility index (Phi) is 2.28. The van der Waals surface area contributed by atoms with Crippen LogP contribution in [0.5, 0.6) is 0 Å². The van der Waals surface area contributed by atoms with E-state index in [9.17, 15) is 9.90 Å². The molecule has 3 heteroatoms. The van der Waals surface area contributed by atoms with Crippen molar-refractivity contribution in [3.63, 3.8) is 0 Å². The van der Waals surface area contributed by atoms with E-state index in [4.69, 9.17) is 0 Å². The van der Waals surface area contributed by atoms with Gasteiger partial charge in [0.1, 0.15) is 0 Å². The van der Waals surface area contributed by atoms with E-state index in [1.165, 1.54) is 0 Å². The highest BCUT2D eigenvalue weighted by atomic mass is 16.3. The zero-order valence-corrected chi connectivity index (χ0v) is 8.07. The largest absolute Gasteiger partial charge is 0.393 e. The third-order valence-electron chi connectivity index (χ3n) is 3.20. The Morgan fingerprint density at radius 2 is 2.00 bits per heavy atom. The van der Waals surface area contributed by atoms with Gasteiger partial charge in [-0.3, -0.25) is 4.79 Å². The minimum atomic E-state index is -0.235. The van der Waals surface area contributed by atoms with Crippen molar-refractivity contribution >= 4 is 5.91 Å². The number of carbonyl (C=O) groups excluding carboxylic acids is 1. The summed E-state index contributed by atoms with van der Waals surface area (Å²) < 4.78 is 0. The minimum absolute atomic E-state index is 0.0978. The van der Waals surface area contributed by atoms with Gasteiger partial charge in [0, 0.05) is 19.0 Å². The van der Waals surface area contributed by atoms with Crippen LogP contribution in [0.3, 0.4) is 0 Å². The maximum Gasteiger partial charge on any atom is 0.225 e. The molecule has 2 aliphatic rings. The van der Waals surface area contributed by atoms with Crippen molar-refractivity contribution < 1.29 is 9.90 Å². The first-order chi connectivity index (χ1) is 6.18. The lowest BCUT2D eigenvalue weighted by atomic mass is 10.1. The lowest BCUT2D eigenvalue weighted by Gasteiger charge is -2.20. The molecule has 0 aromatic carbocycles. The van der Waals surface area contributed by atoms with Gasteiger partial charge in [-0.25, -0.2) is 0 Å². The van der Waals surface area contributed by atoms with E-state index in [1.54, 1.807) is 0 Å². The number of carbonyl (C=O) groups is 1. The molecule has 0 spiro atoms. The molecule has 0 unspecified atom stereocenters. The van der Waals surface area contributed by atoms with Crippen LogP contribution in [0.25, 0.3) is 0 Å². The predicted octanol–water partition coefficient (Wildman–Crippen LogP) is 0.768. The standard InChI is InChI=1S/C10H17NO2/c1-11(8-3-4-8)10(13)7-2-5-9(12)6-7/h7-9,12H,2-6H2,1H3/t7-,9-/m1/s1. The number of hydrogen-bond acceptors (Lipinski definition) is 2. The van der Waals surface area contributed by atoms with Gasteiger partial charge in [0.25, 0.3) is 0 Å². The number of aliphatic hydroxyl groups excluding tert-OH is 1. The van der Waals surface area contributed by atoms with E-state index in [0.717, 1.165) is 25.7 Å². The second-order valence-electron chi connectivity index (χ2n) is 4.34. The Morgan fingerprint density at radius 3 is 2.46 bits per heavy atom. The molecule has 3 nitrogen and oxygen atoms in total. The van der Waals surface area contributed by atoms with Crippen LogP contribution in [0.15, 0.2) is 0 Å². The first kappa shape index (κ1) is 9.00. The summed E-state index contributed by atoms with van der Waals surface area (Å²) in [5, 5.41) is 9.31. The monoisotopic (exact) mass is 183 g/mol. The van der Waals surface area contributed by atoms with Gasteiger partial charge in [-0.05, 0) is 32.1 Å². The zero-order chi connectivity index (χ0) is 9.42. The van der Waals surface area contributed by atoms with Crippen LogP contribution in [-0.2, 0) is 4.79 Å². The molecular weight excluding hydrogens is 166 g/mol. The maximum absolute atomic E-state index is 11.8. The Balaban J connectivity index is 1.88. The van der Waals surface area contributed by atoms with Crippen LogP contribution >= 0.6 is 0 Å². The summed E-state index contributed by atoms with van der Waals surface area (Å²) in [6.45, 7) is 0. The summed E-state index contributed by atoms with van der Waals surface area (Å²) in [6, 6.07) is 0.505. The third kappa shape index (κ3) is 1.85. The van der Waals surface area contributed by atoms with Crippen molar-refractivity contribution in [2.24, 2.45) is 5.92 Å². The molecule has 0 saturated heterocycles. The molecule has 2 atom stereocenters. The Bertz CT molecular complexity index is 213. The van der Waals surface area contributed by atoms with Gasteiger partial charge in [-0.2, -0.15) is 0 Å². The highest BCUT2D eigenvalue weighted by molar-refractivity contribution is 5.79. The van der Waals surface area contributed by atoms with E-state index in [0.29, 0.717) is 12.5 Å². The molecule has 74 valence electrons. The molecule has 2 aliphatic carbocycles. The molecule has 0 bridgehead atoms. The average Bonchev–Trinajstić information content (AvgIpc) is 2.87. The van der Waals surface area contributed by atoms with Crippen molar-refractivity contribution in [2.45, 2.75) is 44.2 Å². The molecule has 2 fully saturated rings. The van der Waals surface area contributed by atoms with Crippen LogP contribution in [0.1, 0.15) is 32.1 Å². The zero-order valence-electron chi connectivity index (χ0n) is 8.07. The number of rotatable bonds is 2. The van der Waals surface area contributed by atoms with Crippen LogP contribution in [-0.4, -0.2) is 35.1 Å². The number of hydrogen-bond donors (Lipinski definition) is 1. The molecular formula is C10H17NO2. The molecule has 0 aromatic rings. The summed E-state index contributed by atoms with van der Waals surface area (Å²) in [7, 11) is 1.89. The molecule has 13 heavy (non-hydrogen) atoms. The molecule has 0 radical (unpaired) electrons. The number of amides is 1. The van der Waals surface area contributed by atoms with Gasteiger partial charge < -0.3 is 10.0 Å². The third-order valence-corrected chi connectivity index (χ3v) is 3.20. The van der Waals surface area contributed by atoms with E-state index in [2.05, 4.69) is 0 Å². The van der Waals surface area contributed by atoms with E-state index in [-0.39, 0.29) is 17.9 Å². The van der Waals surface area contributed by atoms with Crippen molar-refractivity contribution in [3.05, 3.63) is 0 Å². The van der Waals surface area contributed by atoms with Crippen molar-refractivity contribution in [3.8, 4) is 0 Å². The van der Waals surface area contributed by atoms with Crippen LogP contribution in [0.2, 0.25) is 0 Å². The van der Waals surface area contributed by atoms with Crippen LogP contribution < -0.4 is 0 Å². The fourth-order valence-corrected chi connectivity index (χ4v) is 2.11. The first-order valence-corrected chi connectivity index (χ1v) is 5.13. The quantitative estimate of drug-likeness (QED) is 0.687. The molecule has 1 N–H and O–H groups in total. The Morgan fingerprint density at radius 1 is 1.31 bits per heavy atom. The molecule has 2 saturated carbocycles. The summed E-state index contributed by atoms with van der Waals surface area (Å²) in [5.74, 6) is 0.347. The highest BCUT2D eigenvalue weighted by Gasteiger charge is 2.36. The average molecular weight is 183 g/mol. The molecule has 1 amide bonds. The Labute approximate surface area is 78.7 Å². The van der Waals surface area contributed by atoms with Gasteiger partial charge in [0.2, 0.25) is 5.91 Å². The van der Waals surface area contributed by atoms with Crippen molar-refractivity contribution in [2.75, 3.05) is 7.05 Å². The normalized spacial score (nSPS) is 33.4. The summed E-state index contributed by atoms with van der Waals surface area (Å²) in [6.07, 6.45) is 4.44.